The highest BCUT2D eigenvalue weighted by atomic mass is 16.5. The normalized spacial score (nSPS) is 22.8. The van der Waals surface area contributed by atoms with Gasteiger partial charge < -0.3 is 25.0 Å². The highest BCUT2D eigenvalue weighted by Crippen LogP contribution is 2.10. The first-order chi connectivity index (χ1) is 9.02. The van der Waals surface area contributed by atoms with Crippen LogP contribution in [0.5, 0.6) is 0 Å². The molecule has 0 aromatic heterocycles. The van der Waals surface area contributed by atoms with Crippen molar-refractivity contribution in [1.82, 2.24) is 15.5 Å². The highest BCUT2D eigenvalue weighted by Gasteiger charge is 2.25. The van der Waals surface area contributed by atoms with Gasteiger partial charge in [-0.2, -0.15) is 0 Å². The van der Waals surface area contributed by atoms with Crippen LogP contribution in [0, 0.1) is 0 Å². The minimum Gasteiger partial charge on any atom is -0.450 e. The summed E-state index contributed by atoms with van der Waals surface area (Å²) < 4.78 is 10.3. The standard InChI is InChI=1S/C12H23N3O4/c1-4-18-12(17)14-6-5-13-11(16)15-7-9(2)19-10(3)8-15/h9-10H,4-8H2,1-3H3,(H,13,16)(H,14,17)/t9-,10-/m1/s1. The number of morpholine rings is 1. The van der Waals surface area contributed by atoms with E-state index in [0.717, 1.165) is 0 Å². The van der Waals surface area contributed by atoms with Gasteiger partial charge in [0.1, 0.15) is 0 Å². The van der Waals surface area contributed by atoms with Gasteiger partial charge in [-0.1, -0.05) is 0 Å². The average molecular weight is 273 g/mol. The second-order valence-corrected chi connectivity index (χ2v) is 4.54. The zero-order valence-electron chi connectivity index (χ0n) is 11.8. The van der Waals surface area contributed by atoms with Gasteiger partial charge in [-0.3, -0.25) is 0 Å². The van der Waals surface area contributed by atoms with Crippen LogP contribution in [0.4, 0.5) is 9.59 Å². The number of nitrogens with zero attached hydrogens (tertiary/aromatic N) is 1. The summed E-state index contributed by atoms with van der Waals surface area (Å²) in [5.41, 5.74) is 0. The predicted molar refractivity (Wildman–Crippen MR) is 70.0 cm³/mol. The number of hydrogen-bond acceptors (Lipinski definition) is 4. The average Bonchev–Trinajstić information content (AvgIpc) is 2.33. The topological polar surface area (TPSA) is 79.9 Å². The van der Waals surface area contributed by atoms with Crippen molar-refractivity contribution < 1.29 is 19.1 Å². The van der Waals surface area contributed by atoms with E-state index in [4.69, 9.17) is 9.47 Å². The summed E-state index contributed by atoms with van der Waals surface area (Å²) in [6, 6.07) is -0.132. The van der Waals surface area contributed by atoms with Gasteiger partial charge in [0, 0.05) is 26.2 Å². The monoisotopic (exact) mass is 273 g/mol. The maximum atomic E-state index is 11.9. The van der Waals surface area contributed by atoms with Crippen LogP contribution in [0.3, 0.4) is 0 Å². The predicted octanol–water partition coefficient (Wildman–Crippen LogP) is 0.551. The van der Waals surface area contributed by atoms with Crippen LogP contribution >= 0.6 is 0 Å². The number of urea groups is 1. The first-order valence-corrected chi connectivity index (χ1v) is 6.61. The molecule has 1 rings (SSSR count). The molecule has 0 bridgehead atoms. The molecule has 1 aliphatic rings. The third-order valence-corrected chi connectivity index (χ3v) is 2.65. The molecule has 7 nitrogen and oxygen atoms in total. The summed E-state index contributed by atoms with van der Waals surface area (Å²) in [6.07, 6.45) is -0.371. The van der Waals surface area contributed by atoms with Gasteiger partial charge in [0.2, 0.25) is 0 Å². The maximum absolute atomic E-state index is 11.9. The number of rotatable bonds is 4. The summed E-state index contributed by atoms with van der Waals surface area (Å²) in [4.78, 5) is 24.6. The van der Waals surface area contributed by atoms with Crippen LogP contribution in [0.1, 0.15) is 20.8 Å². The van der Waals surface area contributed by atoms with Crippen LogP contribution in [0.15, 0.2) is 0 Å². The molecule has 0 aliphatic carbocycles. The molecular formula is C12H23N3O4. The molecule has 0 spiro atoms. The molecule has 2 N–H and O–H groups in total. The Morgan fingerprint density at radius 2 is 1.79 bits per heavy atom. The lowest BCUT2D eigenvalue weighted by molar-refractivity contribution is -0.0544. The second-order valence-electron chi connectivity index (χ2n) is 4.54. The summed E-state index contributed by atoms with van der Waals surface area (Å²) in [7, 11) is 0. The Hall–Kier alpha value is -1.50. The molecular weight excluding hydrogens is 250 g/mol. The molecule has 0 saturated carbocycles. The Bertz CT molecular complexity index is 301. The van der Waals surface area contributed by atoms with Gasteiger partial charge in [-0.15, -0.1) is 0 Å². The molecule has 7 heteroatoms. The van der Waals surface area contributed by atoms with Crippen molar-refractivity contribution in [2.24, 2.45) is 0 Å². The van der Waals surface area contributed by atoms with Gasteiger partial charge >= 0.3 is 12.1 Å². The Morgan fingerprint density at radius 1 is 1.21 bits per heavy atom. The largest absolute Gasteiger partial charge is 0.450 e. The van der Waals surface area contributed by atoms with Crippen molar-refractivity contribution in [1.29, 1.82) is 0 Å². The van der Waals surface area contributed by atoms with E-state index >= 15 is 0 Å². The van der Waals surface area contributed by atoms with E-state index in [9.17, 15) is 9.59 Å². The molecule has 1 aliphatic heterocycles. The van der Waals surface area contributed by atoms with Crippen LogP contribution in [0.25, 0.3) is 0 Å². The lowest BCUT2D eigenvalue weighted by Crippen LogP contribution is -2.52. The van der Waals surface area contributed by atoms with Crippen molar-refractivity contribution in [3.8, 4) is 0 Å². The van der Waals surface area contributed by atoms with E-state index in [2.05, 4.69) is 10.6 Å². The number of nitrogens with one attached hydrogen (secondary N) is 2. The number of carbonyl (C=O) groups excluding carboxylic acids is 2. The Labute approximate surface area is 113 Å². The van der Waals surface area contributed by atoms with Gasteiger partial charge in [0.05, 0.1) is 18.8 Å². The van der Waals surface area contributed by atoms with Gasteiger partial charge in [0.25, 0.3) is 0 Å². The summed E-state index contributed by atoms with van der Waals surface area (Å²) in [5.74, 6) is 0. The van der Waals surface area contributed by atoms with Crippen LogP contribution < -0.4 is 10.6 Å². The Balaban J connectivity index is 2.18. The van der Waals surface area contributed by atoms with Crippen molar-refractivity contribution in [3.05, 3.63) is 0 Å². The van der Waals surface area contributed by atoms with Gasteiger partial charge in [-0.25, -0.2) is 9.59 Å². The first kappa shape index (κ1) is 15.6. The van der Waals surface area contributed by atoms with Crippen molar-refractivity contribution in [3.63, 3.8) is 0 Å². The zero-order valence-corrected chi connectivity index (χ0v) is 11.8. The van der Waals surface area contributed by atoms with Gasteiger partial charge in [-0.05, 0) is 20.8 Å². The van der Waals surface area contributed by atoms with E-state index in [0.29, 0.717) is 32.8 Å². The van der Waals surface area contributed by atoms with E-state index in [-0.39, 0.29) is 18.2 Å². The minimum absolute atomic E-state index is 0.0483. The number of ether oxygens (including phenoxy) is 2. The number of alkyl carbamates (subject to hydrolysis) is 1. The summed E-state index contributed by atoms with van der Waals surface area (Å²) in [6.45, 7) is 7.85. The van der Waals surface area contributed by atoms with E-state index in [1.807, 2.05) is 13.8 Å². The SMILES string of the molecule is CCOC(=O)NCCNC(=O)N1C[C@@H](C)O[C@H](C)C1. The number of carbonyl (C=O) groups is 2. The molecule has 0 radical (unpaired) electrons. The van der Waals surface area contributed by atoms with Crippen molar-refractivity contribution in [2.45, 2.75) is 33.0 Å². The Kier molecular flexibility index (Phi) is 6.41. The van der Waals surface area contributed by atoms with E-state index < -0.39 is 6.09 Å². The quantitative estimate of drug-likeness (QED) is 0.733. The van der Waals surface area contributed by atoms with Crippen molar-refractivity contribution >= 4 is 12.1 Å². The number of amides is 3. The first-order valence-electron chi connectivity index (χ1n) is 6.61. The molecule has 19 heavy (non-hydrogen) atoms. The maximum Gasteiger partial charge on any atom is 0.407 e. The molecule has 110 valence electrons. The van der Waals surface area contributed by atoms with Gasteiger partial charge in [0.15, 0.2) is 0 Å². The van der Waals surface area contributed by atoms with Crippen LogP contribution in [-0.2, 0) is 9.47 Å². The molecule has 2 atom stereocenters. The molecule has 1 fully saturated rings. The van der Waals surface area contributed by atoms with E-state index in [1.165, 1.54) is 0 Å². The molecule has 3 amide bonds. The van der Waals surface area contributed by atoms with Crippen LogP contribution in [-0.4, -0.2) is 62.0 Å². The lowest BCUT2D eigenvalue weighted by Gasteiger charge is -2.35. The molecule has 0 aromatic rings. The Morgan fingerprint density at radius 3 is 2.37 bits per heavy atom. The fraction of sp³-hybridized carbons (Fsp3) is 0.833. The molecule has 0 unspecified atom stereocenters. The molecule has 0 aromatic carbocycles. The molecule has 1 saturated heterocycles. The fourth-order valence-corrected chi connectivity index (χ4v) is 1.97. The summed E-state index contributed by atoms with van der Waals surface area (Å²) >= 11 is 0. The molecule has 1 heterocycles. The highest BCUT2D eigenvalue weighted by molar-refractivity contribution is 5.74. The minimum atomic E-state index is -0.467. The smallest absolute Gasteiger partial charge is 0.407 e. The fourth-order valence-electron chi connectivity index (χ4n) is 1.97. The second kappa shape index (κ2) is 7.83. The number of hydrogen-bond donors (Lipinski definition) is 2. The van der Waals surface area contributed by atoms with Crippen LogP contribution in [0.2, 0.25) is 0 Å². The van der Waals surface area contributed by atoms with Crippen molar-refractivity contribution in [2.75, 3.05) is 32.8 Å². The summed E-state index contributed by atoms with van der Waals surface area (Å²) in [5, 5.41) is 5.29. The lowest BCUT2D eigenvalue weighted by atomic mass is 10.2. The third-order valence-electron chi connectivity index (χ3n) is 2.65. The third kappa shape index (κ3) is 5.78. The zero-order chi connectivity index (χ0) is 14.3. The van der Waals surface area contributed by atoms with E-state index in [1.54, 1.807) is 11.8 Å².